The van der Waals surface area contributed by atoms with Gasteiger partial charge < -0.3 is 0 Å². The molecule has 0 saturated heterocycles. The summed E-state index contributed by atoms with van der Waals surface area (Å²) in [6.07, 6.45) is 3.05. The highest BCUT2D eigenvalue weighted by Gasteiger charge is 2.12. The van der Waals surface area contributed by atoms with Crippen molar-refractivity contribution in [1.29, 1.82) is 0 Å². The Balaban J connectivity index is 2.22. The van der Waals surface area contributed by atoms with Crippen LogP contribution >= 0.6 is 0 Å². The lowest BCUT2D eigenvalue weighted by molar-refractivity contribution is 0.411. The Labute approximate surface area is 114 Å². The molecule has 0 fully saturated rings. The minimum atomic E-state index is 0.311. The molecular formula is C18H19N. The van der Waals surface area contributed by atoms with Crippen molar-refractivity contribution < 1.29 is 0 Å². The van der Waals surface area contributed by atoms with Gasteiger partial charge in [0.05, 0.1) is 5.52 Å². The predicted molar refractivity (Wildman–Crippen MR) is 82.4 cm³/mol. The van der Waals surface area contributed by atoms with E-state index in [4.69, 9.17) is 0 Å². The lowest BCUT2D eigenvalue weighted by Gasteiger charge is -2.18. The van der Waals surface area contributed by atoms with Gasteiger partial charge in [0, 0.05) is 17.0 Å². The molecule has 1 nitrogen and oxygen atoms in total. The second kappa shape index (κ2) is 4.34. The zero-order chi connectivity index (χ0) is 13.5. The fourth-order valence-electron chi connectivity index (χ4n) is 2.63. The van der Waals surface area contributed by atoms with E-state index >= 15 is 0 Å². The van der Waals surface area contributed by atoms with Crippen molar-refractivity contribution in [2.75, 3.05) is 0 Å². The maximum atomic E-state index is 4.55. The maximum absolute atomic E-state index is 4.55. The van der Waals surface area contributed by atoms with Crippen molar-refractivity contribution in [3.63, 3.8) is 0 Å². The highest BCUT2D eigenvalue weighted by Crippen LogP contribution is 2.27. The molecule has 3 aromatic rings. The SMILES string of the molecule is CC(C)(C)Cc1ccc2ncc3ccccc3c2c1. The lowest BCUT2D eigenvalue weighted by Crippen LogP contribution is -2.08. The van der Waals surface area contributed by atoms with Crippen LogP contribution in [0.1, 0.15) is 26.3 Å². The van der Waals surface area contributed by atoms with Crippen LogP contribution in [0.3, 0.4) is 0 Å². The highest BCUT2D eigenvalue weighted by molar-refractivity contribution is 6.05. The van der Waals surface area contributed by atoms with E-state index in [0.717, 1.165) is 11.9 Å². The number of rotatable bonds is 1. The van der Waals surface area contributed by atoms with Crippen LogP contribution in [-0.4, -0.2) is 4.98 Å². The zero-order valence-corrected chi connectivity index (χ0v) is 11.8. The number of hydrogen-bond donors (Lipinski definition) is 0. The molecule has 1 aromatic heterocycles. The summed E-state index contributed by atoms with van der Waals surface area (Å²) < 4.78 is 0. The molecule has 3 rings (SSSR count). The lowest BCUT2D eigenvalue weighted by atomic mass is 9.87. The van der Waals surface area contributed by atoms with E-state index in [9.17, 15) is 0 Å². The van der Waals surface area contributed by atoms with Crippen molar-refractivity contribution in [2.45, 2.75) is 27.2 Å². The molecule has 0 unspecified atom stereocenters. The molecule has 0 N–H and O–H groups in total. The second-order valence-electron chi connectivity index (χ2n) is 6.43. The molecule has 96 valence electrons. The summed E-state index contributed by atoms with van der Waals surface area (Å²) in [5, 5.41) is 3.77. The molecule has 1 heterocycles. The van der Waals surface area contributed by atoms with E-state index in [2.05, 4.69) is 68.2 Å². The summed E-state index contributed by atoms with van der Waals surface area (Å²) in [6, 6.07) is 15.1. The molecule has 0 atom stereocenters. The van der Waals surface area contributed by atoms with Crippen LogP contribution in [0.2, 0.25) is 0 Å². The number of benzene rings is 2. The number of fused-ring (bicyclic) bond motifs is 3. The first kappa shape index (κ1) is 12.2. The van der Waals surface area contributed by atoms with E-state index < -0.39 is 0 Å². The van der Waals surface area contributed by atoms with Crippen molar-refractivity contribution in [3.05, 3.63) is 54.2 Å². The van der Waals surface area contributed by atoms with Gasteiger partial charge in [0.2, 0.25) is 0 Å². The Morgan fingerprint density at radius 1 is 0.947 bits per heavy atom. The summed E-state index contributed by atoms with van der Waals surface area (Å²) >= 11 is 0. The summed E-state index contributed by atoms with van der Waals surface area (Å²) in [4.78, 5) is 4.55. The quantitative estimate of drug-likeness (QED) is 0.554. The van der Waals surface area contributed by atoms with Gasteiger partial charge in [-0.15, -0.1) is 0 Å². The first-order valence-corrected chi connectivity index (χ1v) is 6.79. The Hall–Kier alpha value is -1.89. The third-order valence-electron chi connectivity index (χ3n) is 3.39. The molecule has 1 heteroatoms. The molecular weight excluding hydrogens is 230 g/mol. The van der Waals surface area contributed by atoms with Crippen LogP contribution < -0.4 is 0 Å². The average Bonchev–Trinajstić information content (AvgIpc) is 2.37. The molecule has 2 aromatic carbocycles. The fraction of sp³-hybridized carbons (Fsp3) is 0.278. The van der Waals surface area contributed by atoms with E-state index in [0.29, 0.717) is 5.41 Å². The third-order valence-corrected chi connectivity index (χ3v) is 3.39. The molecule has 0 aliphatic carbocycles. The molecule has 0 saturated carbocycles. The van der Waals surface area contributed by atoms with Crippen molar-refractivity contribution in [3.8, 4) is 0 Å². The highest BCUT2D eigenvalue weighted by atomic mass is 14.6. The van der Waals surface area contributed by atoms with Gasteiger partial charge in [-0.1, -0.05) is 51.1 Å². The number of pyridine rings is 1. The summed E-state index contributed by atoms with van der Waals surface area (Å²) in [5.41, 5.74) is 2.78. The van der Waals surface area contributed by atoms with Gasteiger partial charge in [-0.25, -0.2) is 0 Å². The van der Waals surface area contributed by atoms with Crippen LogP contribution in [0.4, 0.5) is 0 Å². The van der Waals surface area contributed by atoms with Crippen molar-refractivity contribution in [2.24, 2.45) is 5.41 Å². The van der Waals surface area contributed by atoms with E-state index in [-0.39, 0.29) is 0 Å². The topological polar surface area (TPSA) is 12.9 Å². The second-order valence-corrected chi connectivity index (χ2v) is 6.43. The molecule has 0 radical (unpaired) electrons. The van der Waals surface area contributed by atoms with Crippen LogP contribution in [0.15, 0.2) is 48.7 Å². The molecule has 0 aliphatic heterocycles. The summed E-state index contributed by atoms with van der Waals surface area (Å²) in [5.74, 6) is 0. The molecule has 0 spiro atoms. The minimum Gasteiger partial charge on any atom is -0.256 e. The first-order chi connectivity index (χ1) is 9.03. The van der Waals surface area contributed by atoms with Crippen molar-refractivity contribution in [1.82, 2.24) is 4.98 Å². The van der Waals surface area contributed by atoms with Gasteiger partial charge in [0.1, 0.15) is 0 Å². The van der Waals surface area contributed by atoms with E-state index in [1.165, 1.54) is 21.7 Å². The minimum absolute atomic E-state index is 0.311. The number of hydrogen-bond acceptors (Lipinski definition) is 1. The van der Waals surface area contributed by atoms with Crippen LogP contribution in [0, 0.1) is 5.41 Å². The molecule has 0 aliphatic rings. The molecule has 19 heavy (non-hydrogen) atoms. The van der Waals surface area contributed by atoms with Gasteiger partial charge in [-0.3, -0.25) is 4.98 Å². The monoisotopic (exact) mass is 249 g/mol. The van der Waals surface area contributed by atoms with Crippen LogP contribution in [0.25, 0.3) is 21.7 Å². The van der Waals surface area contributed by atoms with E-state index in [1.54, 1.807) is 0 Å². The Morgan fingerprint density at radius 2 is 1.74 bits per heavy atom. The van der Waals surface area contributed by atoms with Gasteiger partial charge in [0.25, 0.3) is 0 Å². The fourth-order valence-corrected chi connectivity index (χ4v) is 2.63. The van der Waals surface area contributed by atoms with Gasteiger partial charge >= 0.3 is 0 Å². The zero-order valence-electron chi connectivity index (χ0n) is 11.8. The van der Waals surface area contributed by atoms with Crippen molar-refractivity contribution >= 4 is 21.7 Å². The van der Waals surface area contributed by atoms with Gasteiger partial charge in [-0.05, 0) is 34.9 Å². The smallest absolute Gasteiger partial charge is 0.0708 e. The van der Waals surface area contributed by atoms with E-state index in [1.807, 2.05) is 6.20 Å². The largest absolute Gasteiger partial charge is 0.256 e. The standard InChI is InChI=1S/C18H19N/c1-18(2,3)11-13-8-9-17-16(10-13)15-7-5-4-6-14(15)12-19-17/h4-10,12H,11H2,1-3H3. The normalized spacial score (nSPS) is 12.2. The van der Waals surface area contributed by atoms with Gasteiger partial charge in [-0.2, -0.15) is 0 Å². The molecule has 0 amide bonds. The Bertz CT molecular complexity index is 735. The number of nitrogens with zero attached hydrogens (tertiary/aromatic N) is 1. The maximum Gasteiger partial charge on any atom is 0.0708 e. The first-order valence-electron chi connectivity index (χ1n) is 6.79. The number of aromatic nitrogens is 1. The Kier molecular flexibility index (Phi) is 2.78. The third kappa shape index (κ3) is 2.46. The summed E-state index contributed by atoms with van der Waals surface area (Å²) in [6.45, 7) is 6.83. The molecule has 0 bridgehead atoms. The summed E-state index contributed by atoms with van der Waals surface area (Å²) in [7, 11) is 0. The van der Waals surface area contributed by atoms with Gasteiger partial charge in [0.15, 0.2) is 0 Å². The average molecular weight is 249 g/mol. The van der Waals surface area contributed by atoms with Crippen LogP contribution in [0.5, 0.6) is 0 Å². The predicted octanol–water partition coefficient (Wildman–Crippen LogP) is 4.98. The Morgan fingerprint density at radius 3 is 2.53 bits per heavy atom. The van der Waals surface area contributed by atoms with Crippen LogP contribution in [-0.2, 0) is 6.42 Å².